The molecule has 0 amide bonds. The Morgan fingerprint density at radius 1 is 1.16 bits per heavy atom. The van der Waals surface area contributed by atoms with E-state index in [2.05, 4.69) is 0 Å². The predicted octanol–water partition coefficient (Wildman–Crippen LogP) is 2.96. The fraction of sp³-hybridized carbons (Fsp3) is 0.429. The molecule has 0 bridgehead atoms. The Hall–Kier alpha value is -1.91. The number of carbonyl (C=O) groups is 2. The average Bonchev–Trinajstić information content (AvgIpc) is 2.26. The molecular weight excluding hydrogens is 251 g/mol. The fourth-order valence-electron chi connectivity index (χ4n) is 1.41. The van der Waals surface area contributed by atoms with Crippen molar-refractivity contribution in [2.75, 3.05) is 6.61 Å². The maximum absolute atomic E-state index is 13.2. The van der Waals surface area contributed by atoms with Gasteiger partial charge in [0.1, 0.15) is 11.4 Å². The van der Waals surface area contributed by atoms with Crippen LogP contribution in [-0.4, -0.2) is 24.1 Å². The molecule has 0 aromatic heterocycles. The molecule has 4 nitrogen and oxygen atoms in total. The lowest BCUT2D eigenvalue weighted by Crippen LogP contribution is -2.25. The van der Waals surface area contributed by atoms with Gasteiger partial charge < -0.3 is 9.47 Å². The molecule has 1 rings (SSSR count). The molecule has 0 aliphatic carbocycles. The third-order valence-corrected chi connectivity index (χ3v) is 2.10. The van der Waals surface area contributed by atoms with Crippen molar-refractivity contribution in [2.24, 2.45) is 0 Å². The molecule has 0 heterocycles. The van der Waals surface area contributed by atoms with E-state index >= 15 is 0 Å². The molecule has 0 atom stereocenters. The first-order valence-electron chi connectivity index (χ1n) is 5.94. The van der Waals surface area contributed by atoms with Crippen LogP contribution in [0.2, 0.25) is 0 Å². The van der Waals surface area contributed by atoms with E-state index in [0.29, 0.717) is 0 Å². The third-order valence-electron chi connectivity index (χ3n) is 2.10. The number of esters is 2. The number of hydrogen-bond donors (Lipinski definition) is 0. The van der Waals surface area contributed by atoms with E-state index < -0.39 is 23.4 Å². The summed E-state index contributed by atoms with van der Waals surface area (Å²) in [6, 6.07) is 3.28. The Morgan fingerprint density at radius 3 is 2.32 bits per heavy atom. The summed E-state index contributed by atoms with van der Waals surface area (Å²) >= 11 is 0. The van der Waals surface area contributed by atoms with Crippen LogP contribution in [0.3, 0.4) is 0 Å². The number of benzene rings is 1. The summed E-state index contributed by atoms with van der Waals surface area (Å²) in [6.07, 6.45) is 0. The third kappa shape index (κ3) is 4.35. The summed E-state index contributed by atoms with van der Waals surface area (Å²) in [6.45, 7) is 6.88. The molecule has 0 aliphatic heterocycles. The fourth-order valence-corrected chi connectivity index (χ4v) is 1.41. The van der Waals surface area contributed by atoms with Crippen LogP contribution in [-0.2, 0) is 9.47 Å². The highest BCUT2D eigenvalue weighted by atomic mass is 19.1. The second-order valence-electron chi connectivity index (χ2n) is 4.91. The summed E-state index contributed by atoms with van der Waals surface area (Å²) in [5.41, 5.74) is -0.860. The van der Waals surface area contributed by atoms with Crippen LogP contribution >= 0.6 is 0 Å². The molecule has 5 heteroatoms. The molecule has 1 aromatic rings. The van der Waals surface area contributed by atoms with Crippen molar-refractivity contribution < 1.29 is 23.5 Å². The molecular formula is C14H17FO4. The van der Waals surface area contributed by atoms with Crippen LogP contribution in [0.5, 0.6) is 0 Å². The van der Waals surface area contributed by atoms with E-state index in [9.17, 15) is 14.0 Å². The van der Waals surface area contributed by atoms with Gasteiger partial charge >= 0.3 is 11.9 Å². The van der Waals surface area contributed by atoms with Crippen LogP contribution < -0.4 is 0 Å². The van der Waals surface area contributed by atoms with E-state index in [1.165, 1.54) is 6.07 Å². The number of ether oxygens (including phenoxy) is 2. The van der Waals surface area contributed by atoms with E-state index in [4.69, 9.17) is 9.47 Å². The van der Waals surface area contributed by atoms with E-state index in [1.54, 1.807) is 27.7 Å². The van der Waals surface area contributed by atoms with Gasteiger partial charge in [-0.1, -0.05) is 0 Å². The van der Waals surface area contributed by atoms with Crippen LogP contribution in [0.1, 0.15) is 48.4 Å². The summed E-state index contributed by atoms with van der Waals surface area (Å²) < 4.78 is 23.2. The molecule has 0 N–H and O–H groups in total. The number of carbonyl (C=O) groups excluding carboxylic acids is 2. The summed E-state index contributed by atoms with van der Waals surface area (Å²) in [5, 5.41) is 0. The Balaban J connectivity index is 3.14. The lowest BCUT2D eigenvalue weighted by Gasteiger charge is -2.20. The molecule has 0 spiro atoms. The second-order valence-corrected chi connectivity index (χ2v) is 4.91. The monoisotopic (exact) mass is 268 g/mol. The van der Waals surface area contributed by atoms with Gasteiger partial charge in [0, 0.05) is 0 Å². The van der Waals surface area contributed by atoms with Crippen LogP contribution in [0, 0.1) is 5.82 Å². The minimum atomic E-state index is -0.755. The number of rotatable bonds is 3. The minimum Gasteiger partial charge on any atom is -0.462 e. The van der Waals surface area contributed by atoms with Gasteiger partial charge in [0.05, 0.1) is 17.7 Å². The highest BCUT2D eigenvalue weighted by Crippen LogP contribution is 2.18. The maximum Gasteiger partial charge on any atom is 0.339 e. The molecule has 104 valence electrons. The van der Waals surface area contributed by atoms with Crippen LogP contribution in [0.25, 0.3) is 0 Å². The minimum absolute atomic E-state index is 0.00231. The Bertz CT molecular complexity index is 489. The topological polar surface area (TPSA) is 52.6 Å². The Labute approximate surface area is 111 Å². The van der Waals surface area contributed by atoms with Gasteiger partial charge in [-0.05, 0) is 45.9 Å². The molecule has 0 unspecified atom stereocenters. The SMILES string of the molecule is CCOC(=O)c1ccc(F)cc1C(=O)OC(C)(C)C. The first-order valence-corrected chi connectivity index (χ1v) is 5.94. The van der Waals surface area contributed by atoms with E-state index in [0.717, 1.165) is 12.1 Å². The van der Waals surface area contributed by atoms with Crippen molar-refractivity contribution in [3.05, 3.63) is 35.1 Å². The van der Waals surface area contributed by atoms with Gasteiger partial charge in [-0.25, -0.2) is 14.0 Å². The zero-order valence-corrected chi connectivity index (χ0v) is 11.5. The smallest absolute Gasteiger partial charge is 0.339 e. The Kier molecular flexibility index (Phi) is 4.64. The van der Waals surface area contributed by atoms with Crippen LogP contribution in [0.15, 0.2) is 18.2 Å². The maximum atomic E-state index is 13.2. The van der Waals surface area contributed by atoms with E-state index in [1.807, 2.05) is 0 Å². The van der Waals surface area contributed by atoms with Crippen molar-refractivity contribution in [2.45, 2.75) is 33.3 Å². The van der Waals surface area contributed by atoms with Crippen molar-refractivity contribution in [1.29, 1.82) is 0 Å². The molecule has 0 saturated carbocycles. The van der Waals surface area contributed by atoms with Gasteiger partial charge in [0.2, 0.25) is 0 Å². The first kappa shape index (κ1) is 15.1. The van der Waals surface area contributed by atoms with Crippen molar-refractivity contribution in [1.82, 2.24) is 0 Å². The lowest BCUT2D eigenvalue weighted by molar-refractivity contribution is 0.00638. The molecule has 0 aliphatic rings. The molecule has 0 saturated heterocycles. The molecule has 1 aromatic carbocycles. The highest BCUT2D eigenvalue weighted by Gasteiger charge is 2.24. The normalized spacial score (nSPS) is 11.0. The largest absolute Gasteiger partial charge is 0.462 e. The molecule has 19 heavy (non-hydrogen) atoms. The standard InChI is InChI=1S/C14H17FO4/c1-5-18-12(16)10-7-6-9(15)8-11(10)13(17)19-14(2,3)4/h6-8H,5H2,1-4H3. The number of halogens is 1. The zero-order chi connectivity index (χ0) is 14.6. The van der Waals surface area contributed by atoms with Crippen LogP contribution in [0.4, 0.5) is 4.39 Å². The van der Waals surface area contributed by atoms with E-state index in [-0.39, 0.29) is 17.7 Å². The van der Waals surface area contributed by atoms with Crippen molar-refractivity contribution >= 4 is 11.9 Å². The summed E-state index contributed by atoms with van der Waals surface area (Å²) in [7, 11) is 0. The van der Waals surface area contributed by atoms with Gasteiger partial charge in [0.15, 0.2) is 0 Å². The van der Waals surface area contributed by atoms with Crippen molar-refractivity contribution in [3.8, 4) is 0 Å². The Morgan fingerprint density at radius 2 is 1.79 bits per heavy atom. The van der Waals surface area contributed by atoms with Gasteiger partial charge in [-0.15, -0.1) is 0 Å². The zero-order valence-electron chi connectivity index (χ0n) is 11.5. The second kappa shape index (κ2) is 5.82. The highest BCUT2D eigenvalue weighted by molar-refractivity contribution is 6.03. The molecule has 0 fully saturated rings. The van der Waals surface area contributed by atoms with Gasteiger partial charge in [-0.2, -0.15) is 0 Å². The van der Waals surface area contributed by atoms with Gasteiger partial charge in [0.25, 0.3) is 0 Å². The predicted molar refractivity (Wildman–Crippen MR) is 67.5 cm³/mol. The quantitative estimate of drug-likeness (QED) is 0.791. The average molecular weight is 268 g/mol. The van der Waals surface area contributed by atoms with Crippen molar-refractivity contribution in [3.63, 3.8) is 0 Å². The summed E-state index contributed by atoms with van der Waals surface area (Å²) in [5.74, 6) is -2.05. The lowest BCUT2D eigenvalue weighted by atomic mass is 10.1. The first-order chi connectivity index (χ1) is 8.74. The number of hydrogen-bond acceptors (Lipinski definition) is 4. The van der Waals surface area contributed by atoms with Gasteiger partial charge in [-0.3, -0.25) is 0 Å². The molecule has 0 radical (unpaired) electrons. The summed E-state index contributed by atoms with van der Waals surface area (Å²) in [4.78, 5) is 23.6.